The van der Waals surface area contributed by atoms with E-state index in [0.29, 0.717) is 13.0 Å². The van der Waals surface area contributed by atoms with Crippen LogP contribution in [-0.4, -0.2) is 13.5 Å². The number of aromatic nitrogens is 1. The number of halogens is 2. The summed E-state index contributed by atoms with van der Waals surface area (Å²) in [6.45, 7) is 0. The fourth-order valence-electron chi connectivity index (χ4n) is 1.34. The number of benzene rings is 1. The summed E-state index contributed by atoms with van der Waals surface area (Å²) in [6.07, 6.45) is 3.34. The van der Waals surface area contributed by atoms with Gasteiger partial charge in [0, 0.05) is 23.6 Å². The topological polar surface area (TPSA) is 24.9 Å². The summed E-state index contributed by atoms with van der Waals surface area (Å²) in [5, 5.41) is 3.05. The van der Waals surface area contributed by atoms with Crippen LogP contribution in [0, 0.1) is 5.82 Å². The van der Waals surface area contributed by atoms with E-state index >= 15 is 0 Å². The summed E-state index contributed by atoms with van der Waals surface area (Å²) in [7, 11) is 0. The molecule has 0 aliphatic rings. The second kappa shape index (κ2) is 7.21. The Morgan fingerprint density at radius 3 is 2.55 bits per heavy atom. The first-order chi connectivity index (χ1) is 9.56. The van der Waals surface area contributed by atoms with Crippen LogP contribution in [0.25, 0.3) is 0 Å². The standard InChI is InChI=1S/C13H8BrFN2S3/c14-10-7-8(1-2-11(10)15)12(18)20-13(19)17-9-3-5-16-6-4-9/h1-7H,(H,16,17,19). The Bertz CT molecular complexity index is 649. The number of pyridine rings is 1. The lowest BCUT2D eigenvalue weighted by atomic mass is 10.2. The van der Waals surface area contributed by atoms with E-state index < -0.39 is 0 Å². The SMILES string of the molecule is Fc1ccc(C(=S)SC(=S)Nc2ccncc2)cc1Br. The van der Waals surface area contributed by atoms with Crippen LogP contribution >= 0.6 is 52.1 Å². The number of hydrogen-bond acceptors (Lipinski definition) is 4. The summed E-state index contributed by atoms with van der Waals surface area (Å²) < 4.78 is 14.7. The average Bonchev–Trinajstić information content (AvgIpc) is 2.42. The predicted octanol–water partition coefficient (Wildman–Crippen LogP) is 4.79. The summed E-state index contributed by atoms with van der Waals surface area (Å²) in [6, 6.07) is 8.25. The molecule has 0 amide bonds. The average molecular weight is 387 g/mol. The van der Waals surface area contributed by atoms with Crippen molar-refractivity contribution in [3.05, 3.63) is 58.6 Å². The second-order valence-electron chi connectivity index (χ2n) is 3.67. The highest BCUT2D eigenvalue weighted by Gasteiger charge is 2.09. The summed E-state index contributed by atoms with van der Waals surface area (Å²) in [5.74, 6) is -0.320. The second-order valence-corrected chi connectivity index (χ2v) is 6.88. The van der Waals surface area contributed by atoms with Gasteiger partial charge < -0.3 is 5.32 Å². The normalized spacial score (nSPS) is 10.1. The molecule has 2 aromatic rings. The smallest absolute Gasteiger partial charge is 0.143 e. The van der Waals surface area contributed by atoms with Crippen molar-refractivity contribution in [2.75, 3.05) is 5.32 Å². The maximum atomic E-state index is 13.2. The molecule has 0 aliphatic carbocycles. The molecule has 2 nitrogen and oxygen atoms in total. The van der Waals surface area contributed by atoms with Gasteiger partial charge in [0.25, 0.3) is 0 Å². The van der Waals surface area contributed by atoms with Crippen LogP contribution in [0.2, 0.25) is 0 Å². The molecular formula is C13H8BrFN2S3. The molecule has 1 N–H and O–H groups in total. The van der Waals surface area contributed by atoms with Crippen LogP contribution in [0.3, 0.4) is 0 Å². The molecule has 0 spiro atoms. The molecule has 0 fully saturated rings. The predicted molar refractivity (Wildman–Crippen MR) is 93.8 cm³/mol. The largest absolute Gasteiger partial charge is 0.341 e. The van der Waals surface area contributed by atoms with E-state index in [2.05, 4.69) is 26.2 Å². The zero-order valence-electron chi connectivity index (χ0n) is 9.97. The van der Waals surface area contributed by atoms with Gasteiger partial charge in [-0.2, -0.15) is 0 Å². The lowest BCUT2D eigenvalue weighted by Crippen LogP contribution is -2.07. The lowest BCUT2D eigenvalue weighted by molar-refractivity contribution is 0.621. The van der Waals surface area contributed by atoms with Crippen molar-refractivity contribution < 1.29 is 4.39 Å². The van der Waals surface area contributed by atoms with E-state index in [0.717, 1.165) is 11.3 Å². The maximum absolute atomic E-state index is 13.2. The number of nitrogens with one attached hydrogen (secondary N) is 1. The Morgan fingerprint density at radius 2 is 1.90 bits per heavy atom. The van der Waals surface area contributed by atoms with Gasteiger partial charge in [0.15, 0.2) is 0 Å². The Morgan fingerprint density at radius 1 is 1.20 bits per heavy atom. The van der Waals surface area contributed by atoms with Crippen molar-refractivity contribution >= 4 is 66.3 Å². The van der Waals surface area contributed by atoms with Crippen LogP contribution in [0.5, 0.6) is 0 Å². The third-order valence-corrected chi connectivity index (χ3v) is 4.42. The summed E-state index contributed by atoms with van der Waals surface area (Å²) in [4.78, 5) is 3.92. The summed E-state index contributed by atoms with van der Waals surface area (Å²) >= 11 is 14.9. The molecule has 102 valence electrons. The van der Waals surface area contributed by atoms with Crippen molar-refractivity contribution in [2.45, 2.75) is 0 Å². The van der Waals surface area contributed by atoms with Gasteiger partial charge in [-0.05, 0) is 58.0 Å². The number of anilines is 1. The van der Waals surface area contributed by atoms with Gasteiger partial charge in [-0.25, -0.2) is 4.39 Å². The van der Waals surface area contributed by atoms with E-state index in [1.165, 1.54) is 17.8 Å². The minimum Gasteiger partial charge on any atom is -0.341 e. The molecule has 1 heterocycles. The third kappa shape index (κ3) is 4.31. The van der Waals surface area contributed by atoms with Crippen molar-refractivity contribution in [2.24, 2.45) is 0 Å². The number of thiocarbonyl (C=S) groups is 2. The number of nitrogens with zero attached hydrogens (tertiary/aromatic N) is 1. The van der Waals surface area contributed by atoms with Gasteiger partial charge in [-0.15, -0.1) is 0 Å². The fourth-order valence-corrected chi connectivity index (χ4v) is 3.21. The Labute approximate surface area is 139 Å². The number of thioether (sulfide) groups is 1. The molecule has 7 heteroatoms. The molecule has 0 aliphatic heterocycles. The minimum absolute atomic E-state index is 0.320. The van der Waals surface area contributed by atoms with Gasteiger partial charge in [0.2, 0.25) is 0 Å². The first kappa shape index (κ1) is 15.5. The molecule has 0 saturated carbocycles. The molecule has 0 saturated heterocycles. The molecule has 2 rings (SSSR count). The first-order valence-corrected chi connectivity index (χ1v) is 7.87. The van der Waals surface area contributed by atoms with Gasteiger partial charge in [0.05, 0.1) is 8.67 Å². The highest BCUT2D eigenvalue weighted by molar-refractivity contribution is 9.10. The van der Waals surface area contributed by atoms with Crippen molar-refractivity contribution in [3.63, 3.8) is 0 Å². The molecule has 0 bridgehead atoms. The zero-order chi connectivity index (χ0) is 14.5. The highest BCUT2D eigenvalue weighted by Crippen LogP contribution is 2.22. The fraction of sp³-hybridized carbons (Fsp3) is 0. The molecule has 0 atom stereocenters. The van der Waals surface area contributed by atoms with Gasteiger partial charge >= 0.3 is 0 Å². The number of rotatable bonds is 2. The van der Waals surface area contributed by atoms with Crippen molar-refractivity contribution in [3.8, 4) is 0 Å². The van der Waals surface area contributed by atoms with Crippen LogP contribution < -0.4 is 5.32 Å². The molecule has 1 aromatic carbocycles. The Balaban J connectivity index is 2.00. The first-order valence-electron chi connectivity index (χ1n) is 5.44. The third-order valence-electron chi connectivity index (χ3n) is 2.27. The van der Waals surface area contributed by atoms with Crippen LogP contribution in [0.15, 0.2) is 47.2 Å². The van der Waals surface area contributed by atoms with Gasteiger partial charge in [-0.1, -0.05) is 24.4 Å². The van der Waals surface area contributed by atoms with E-state index in [1.807, 2.05) is 12.1 Å². The van der Waals surface area contributed by atoms with Gasteiger partial charge in [-0.3, -0.25) is 4.98 Å². The minimum atomic E-state index is -0.320. The van der Waals surface area contributed by atoms with E-state index in [-0.39, 0.29) is 5.82 Å². The maximum Gasteiger partial charge on any atom is 0.143 e. The number of hydrogen-bond donors (Lipinski definition) is 1. The Hall–Kier alpha value is -0.890. The van der Waals surface area contributed by atoms with Crippen molar-refractivity contribution in [1.82, 2.24) is 4.98 Å². The summed E-state index contributed by atoms with van der Waals surface area (Å²) in [5.41, 5.74) is 1.60. The molecule has 0 unspecified atom stereocenters. The highest BCUT2D eigenvalue weighted by atomic mass is 79.9. The zero-order valence-corrected chi connectivity index (χ0v) is 14.0. The van der Waals surface area contributed by atoms with Crippen LogP contribution in [0.4, 0.5) is 10.1 Å². The Kier molecular flexibility index (Phi) is 5.59. The molecular weight excluding hydrogens is 379 g/mol. The molecule has 1 aromatic heterocycles. The van der Waals surface area contributed by atoms with Crippen LogP contribution in [-0.2, 0) is 0 Å². The van der Waals surface area contributed by atoms with Gasteiger partial charge in [0.1, 0.15) is 10.1 Å². The van der Waals surface area contributed by atoms with E-state index in [4.69, 9.17) is 24.4 Å². The monoisotopic (exact) mass is 386 g/mol. The van der Waals surface area contributed by atoms with Crippen molar-refractivity contribution in [1.29, 1.82) is 0 Å². The quantitative estimate of drug-likeness (QED) is 0.748. The lowest BCUT2D eigenvalue weighted by Gasteiger charge is -2.08. The molecule has 0 radical (unpaired) electrons. The molecule has 20 heavy (non-hydrogen) atoms. The van der Waals surface area contributed by atoms with E-state index in [1.54, 1.807) is 24.5 Å². The van der Waals surface area contributed by atoms with Crippen LogP contribution in [0.1, 0.15) is 5.56 Å². The van der Waals surface area contributed by atoms with E-state index in [9.17, 15) is 4.39 Å².